The van der Waals surface area contributed by atoms with Crippen molar-refractivity contribution in [1.29, 1.82) is 0 Å². The van der Waals surface area contributed by atoms with Gasteiger partial charge in [0.1, 0.15) is 5.75 Å². The standard InChI is InChI=1S/C14H16ClN3O/c1-9-5-11(8-17-7-9)14(18-16)10-3-4-12(15)13(6-10)19-2/h3-8,14,18H,16H2,1-2H3. The van der Waals surface area contributed by atoms with Crippen LogP contribution in [0.3, 0.4) is 0 Å². The lowest BCUT2D eigenvalue weighted by Gasteiger charge is -2.18. The Morgan fingerprint density at radius 1 is 1.26 bits per heavy atom. The normalized spacial score (nSPS) is 12.2. The zero-order valence-electron chi connectivity index (χ0n) is 10.9. The van der Waals surface area contributed by atoms with Crippen LogP contribution in [-0.2, 0) is 0 Å². The average molecular weight is 278 g/mol. The van der Waals surface area contributed by atoms with E-state index in [0.717, 1.165) is 16.7 Å². The van der Waals surface area contributed by atoms with E-state index in [2.05, 4.69) is 10.4 Å². The van der Waals surface area contributed by atoms with E-state index < -0.39 is 0 Å². The molecule has 2 rings (SSSR count). The Kier molecular flexibility index (Phi) is 4.37. The van der Waals surface area contributed by atoms with E-state index >= 15 is 0 Å². The predicted octanol–water partition coefficient (Wildman–Crippen LogP) is 2.60. The largest absolute Gasteiger partial charge is 0.495 e. The number of methoxy groups -OCH3 is 1. The molecule has 4 nitrogen and oxygen atoms in total. The molecule has 5 heteroatoms. The van der Waals surface area contributed by atoms with Crippen LogP contribution in [0.1, 0.15) is 22.7 Å². The minimum atomic E-state index is -0.154. The SMILES string of the molecule is COc1cc(C(NN)c2cncc(C)c2)ccc1Cl. The van der Waals surface area contributed by atoms with Gasteiger partial charge in [-0.25, -0.2) is 5.43 Å². The molecule has 3 N–H and O–H groups in total. The molecule has 1 aromatic carbocycles. The molecular weight excluding hydrogens is 262 g/mol. The Hall–Kier alpha value is -1.62. The summed E-state index contributed by atoms with van der Waals surface area (Å²) in [5.41, 5.74) is 5.84. The highest BCUT2D eigenvalue weighted by molar-refractivity contribution is 6.32. The number of benzene rings is 1. The number of nitrogens with one attached hydrogen (secondary N) is 1. The molecule has 0 saturated heterocycles. The summed E-state index contributed by atoms with van der Waals surface area (Å²) in [6.45, 7) is 1.99. The van der Waals surface area contributed by atoms with Gasteiger partial charge in [0.2, 0.25) is 0 Å². The van der Waals surface area contributed by atoms with Gasteiger partial charge < -0.3 is 4.74 Å². The van der Waals surface area contributed by atoms with Crippen LogP contribution in [0.2, 0.25) is 5.02 Å². The molecule has 0 fully saturated rings. The Bertz CT molecular complexity index is 574. The fourth-order valence-electron chi connectivity index (χ4n) is 1.98. The maximum Gasteiger partial charge on any atom is 0.137 e. The monoisotopic (exact) mass is 277 g/mol. The molecule has 0 aliphatic heterocycles. The predicted molar refractivity (Wildman–Crippen MR) is 76.1 cm³/mol. The first kappa shape index (κ1) is 13.8. The molecule has 1 aromatic heterocycles. The zero-order valence-corrected chi connectivity index (χ0v) is 11.6. The van der Waals surface area contributed by atoms with E-state index in [1.54, 1.807) is 25.6 Å². The molecule has 0 aliphatic carbocycles. The van der Waals surface area contributed by atoms with Gasteiger partial charge in [0.15, 0.2) is 0 Å². The van der Waals surface area contributed by atoms with Crippen molar-refractivity contribution in [1.82, 2.24) is 10.4 Å². The fourth-order valence-corrected chi connectivity index (χ4v) is 2.17. The number of halogens is 1. The van der Waals surface area contributed by atoms with Crippen LogP contribution in [0.4, 0.5) is 0 Å². The highest BCUT2D eigenvalue weighted by atomic mass is 35.5. The fraction of sp³-hybridized carbons (Fsp3) is 0.214. The van der Waals surface area contributed by atoms with Crippen molar-refractivity contribution in [3.05, 3.63) is 58.4 Å². The molecule has 1 atom stereocenters. The van der Waals surface area contributed by atoms with E-state index in [9.17, 15) is 0 Å². The molecular formula is C14H16ClN3O. The Morgan fingerprint density at radius 2 is 2.05 bits per heavy atom. The maximum atomic E-state index is 6.03. The van der Waals surface area contributed by atoms with Crippen LogP contribution < -0.4 is 16.0 Å². The number of hydrogen-bond acceptors (Lipinski definition) is 4. The topological polar surface area (TPSA) is 60.2 Å². The number of rotatable bonds is 4. The number of aryl methyl sites for hydroxylation is 1. The van der Waals surface area contributed by atoms with Gasteiger partial charge in [0.25, 0.3) is 0 Å². The molecule has 1 unspecified atom stereocenters. The van der Waals surface area contributed by atoms with Crippen molar-refractivity contribution in [2.24, 2.45) is 5.84 Å². The van der Waals surface area contributed by atoms with Crippen molar-refractivity contribution in [2.45, 2.75) is 13.0 Å². The summed E-state index contributed by atoms with van der Waals surface area (Å²) in [5, 5.41) is 0.574. The van der Waals surface area contributed by atoms with Crippen LogP contribution in [0.5, 0.6) is 5.75 Å². The summed E-state index contributed by atoms with van der Waals surface area (Å²) in [7, 11) is 1.59. The number of nitrogens with two attached hydrogens (primary N) is 1. The molecule has 0 spiro atoms. The molecule has 1 heterocycles. The van der Waals surface area contributed by atoms with Gasteiger partial charge in [-0.05, 0) is 35.7 Å². The summed E-state index contributed by atoms with van der Waals surface area (Å²) >= 11 is 6.03. The first-order chi connectivity index (χ1) is 9.15. The highest BCUT2D eigenvalue weighted by Gasteiger charge is 2.14. The minimum absolute atomic E-state index is 0.154. The van der Waals surface area contributed by atoms with Crippen LogP contribution in [-0.4, -0.2) is 12.1 Å². The Balaban J connectivity index is 2.42. The molecule has 19 heavy (non-hydrogen) atoms. The second kappa shape index (κ2) is 6.02. The lowest BCUT2D eigenvalue weighted by atomic mass is 9.99. The third-order valence-electron chi connectivity index (χ3n) is 2.90. The van der Waals surface area contributed by atoms with Gasteiger partial charge in [-0.1, -0.05) is 23.7 Å². The molecule has 0 saturated carbocycles. The maximum absolute atomic E-state index is 6.03. The lowest BCUT2D eigenvalue weighted by Crippen LogP contribution is -2.29. The summed E-state index contributed by atoms with van der Waals surface area (Å²) in [6, 6.07) is 7.47. The summed E-state index contributed by atoms with van der Waals surface area (Å²) in [5.74, 6) is 6.29. The smallest absolute Gasteiger partial charge is 0.137 e. The van der Waals surface area contributed by atoms with Crippen LogP contribution in [0.25, 0.3) is 0 Å². The van der Waals surface area contributed by atoms with Crippen molar-refractivity contribution >= 4 is 11.6 Å². The van der Waals surface area contributed by atoms with E-state index in [0.29, 0.717) is 10.8 Å². The van der Waals surface area contributed by atoms with E-state index in [1.807, 2.05) is 25.1 Å². The molecule has 2 aromatic rings. The second-order valence-electron chi connectivity index (χ2n) is 4.29. The molecule has 0 radical (unpaired) electrons. The lowest BCUT2D eigenvalue weighted by molar-refractivity contribution is 0.414. The molecule has 100 valence electrons. The molecule has 0 bridgehead atoms. The van der Waals surface area contributed by atoms with Crippen molar-refractivity contribution in [2.75, 3.05) is 7.11 Å². The van der Waals surface area contributed by atoms with E-state index in [1.165, 1.54) is 0 Å². The van der Waals surface area contributed by atoms with E-state index in [-0.39, 0.29) is 6.04 Å². The zero-order chi connectivity index (χ0) is 13.8. The summed E-state index contributed by atoms with van der Waals surface area (Å²) in [4.78, 5) is 4.19. The van der Waals surface area contributed by atoms with Crippen molar-refractivity contribution in [3.8, 4) is 5.75 Å². The van der Waals surface area contributed by atoms with E-state index in [4.69, 9.17) is 22.2 Å². The van der Waals surface area contributed by atoms with Gasteiger partial charge in [0, 0.05) is 12.4 Å². The number of ether oxygens (including phenoxy) is 1. The first-order valence-electron chi connectivity index (χ1n) is 5.87. The summed E-state index contributed by atoms with van der Waals surface area (Å²) < 4.78 is 5.22. The van der Waals surface area contributed by atoms with Gasteiger partial charge in [-0.2, -0.15) is 0 Å². The molecule has 0 aliphatic rings. The Labute approximate surface area is 117 Å². The average Bonchev–Trinajstić information content (AvgIpc) is 2.41. The second-order valence-corrected chi connectivity index (χ2v) is 4.70. The Morgan fingerprint density at radius 3 is 2.68 bits per heavy atom. The van der Waals surface area contributed by atoms with Crippen molar-refractivity contribution in [3.63, 3.8) is 0 Å². The number of nitrogens with zero attached hydrogens (tertiary/aromatic N) is 1. The number of pyridine rings is 1. The molecule has 0 amide bonds. The third kappa shape index (κ3) is 3.04. The van der Waals surface area contributed by atoms with Crippen LogP contribution in [0.15, 0.2) is 36.7 Å². The number of aromatic nitrogens is 1. The third-order valence-corrected chi connectivity index (χ3v) is 3.22. The highest BCUT2D eigenvalue weighted by Crippen LogP contribution is 2.30. The first-order valence-corrected chi connectivity index (χ1v) is 6.24. The number of hydrazine groups is 1. The van der Waals surface area contributed by atoms with Gasteiger partial charge >= 0.3 is 0 Å². The number of hydrogen-bond donors (Lipinski definition) is 2. The van der Waals surface area contributed by atoms with Gasteiger partial charge in [-0.15, -0.1) is 0 Å². The van der Waals surface area contributed by atoms with Gasteiger partial charge in [-0.3, -0.25) is 10.8 Å². The quantitative estimate of drug-likeness (QED) is 0.666. The summed E-state index contributed by atoms with van der Waals surface area (Å²) in [6.07, 6.45) is 3.60. The van der Waals surface area contributed by atoms with Crippen LogP contribution in [0, 0.1) is 6.92 Å². The van der Waals surface area contributed by atoms with Crippen LogP contribution >= 0.6 is 11.6 Å². The minimum Gasteiger partial charge on any atom is -0.495 e. The van der Waals surface area contributed by atoms with Gasteiger partial charge in [0.05, 0.1) is 18.2 Å². The van der Waals surface area contributed by atoms with Crippen molar-refractivity contribution < 1.29 is 4.74 Å².